The van der Waals surface area contributed by atoms with Gasteiger partial charge < -0.3 is 9.26 Å². The second-order valence-corrected chi connectivity index (χ2v) is 11.9. The molecule has 3 unspecified atom stereocenters. The van der Waals surface area contributed by atoms with Gasteiger partial charge >= 0.3 is 13.7 Å². The molecule has 0 aromatic rings. The Hall–Kier alpha value is -0.0700. The van der Waals surface area contributed by atoms with Crippen molar-refractivity contribution in [3.8, 4) is 0 Å². The molecule has 0 aromatic heterocycles. The fraction of sp³-hybridized carbons (Fsp3) is 0.962. The molecule has 34 heavy (non-hydrogen) atoms. The number of hydrogen-bond donors (Lipinski definition) is 1. The largest absolute Gasteiger partial charge is 0.421 e. The van der Waals surface area contributed by atoms with Crippen molar-refractivity contribution in [2.24, 2.45) is 0 Å². The van der Waals surface area contributed by atoms with E-state index >= 15 is 0 Å². The van der Waals surface area contributed by atoms with Gasteiger partial charge in [0.2, 0.25) is 0 Å². The molecule has 3 atom stereocenters. The maximum atomic E-state index is 11.3. The first kappa shape index (κ1) is 33.9. The highest BCUT2D eigenvalue weighted by molar-refractivity contribution is 7.99. The molecule has 0 aromatic carbocycles. The Kier molecular flexibility index (Phi) is 26.0. The van der Waals surface area contributed by atoms with Gasteiger partial charge in [-0.05, 0) is 31.9 Å². The van der Waals surface area contributed by atoms with Crippen molar-refractivity contribution in [2.75, 3.05) is 19.0 Å². The minimum absolute atomic E-state index is 0.146. The molecule has 0 saturated heterocycles. The van der Waals surface area contributed by atoms with Crippen molar-refractivity contribution < 1.29 is 28.8 Å². The van der Waals surface area contributed by atoms with E-state index in [4.69, 9.17) is 14.5 Å². The van der Waals surface area contributed by atoms with E-state index in [1.54, 1.807) is 0 Å². The van der Waals surface area contributed by atoms with E-state index in [-0.39, 0.29) is 12.7 Å². The minimum Gasteiger partial charge on any atom is -0.377 e. The molecule has 0 aliphatic heterocycles. The third kappa shape index (κ3) is 21.2. The molecule has 0 amide bonds. The van der Waals surface area contributed by atoms with Crippen LogP contribution < -0.4 is 0 Å². The lowest BCUT2D eigenvalue weighted by Crippen LogP contribution is -2.24. The Balaban J connectivity index is 4.06. The minimum atomic E-state index is -3.00. The van der Waals surface area contributed by atoms with Crippen LogP contribution in [0.3, 0.4) is 0 Å². The highest BCUT2D eigenvalue weighted by Crippen LogP contribution is 2.26. The Morgan fingerprint density at radius 1 is 0.794 bits per heavy atom. The van der Waals surface area contributed by atoms with Crippen molar-refractivity contribution >= 4 is 25.5 Å². The van der Waals surface area contributed by atoms with Gasteiger partial charge in [0.1, 0.15) is 0 Å². The molecule has 0 radical (unpaired) electrons. The first-order chi connectivity index (χ1) is 16.6. The first-order valence-corrected chi connectivity index (χ1v) is 16.2. The van der Waals surface area contributed by atoms with Crippen LogP contribution in [0.1, 0.15) is 130 Å². The molecule has 1 N–H and O–H groups in total. The molecule has 0 fully saturated rings. The second kappa shape index (κ2) is 26.0. The van der Waals surface area contributed by atoms with E-state index in [0.717, 1.165) is 0 Å². The Morgan fingerprint density at radius 3 is 1.88 bits per heavy atom. The summed E-state index contributed by atoms with van der Waals surface area (Å²) in [5.41, 5.74) is -1.22. The van der Waals surface area contributed by atoms with Gasteiger partial charge in [-0.25, -0.2) is 4.79 Å². The van der Waals surface area contributed by atoms with Crippen molar-refractivity contribution in [2.45, 2.75) is 141 Å². The highest BCUT2D eigenvalue weighted by Gasteiger charge is 2.18. The lowest BCUT2D eigenvalue weighted by Gasteiger charge is -2.24. The molecule has 0 saturated carbocycles. The predicted octanol–water partition coefficient (Wildman–Crippen LogP) is 9.27. The zero-order valence-electron chi connectivity index (χ0n) is 22.2. The summed E-state index contributed by atoms with van der Waals surface area (Å²) in [7, 11) is -3.00. The Labute approximate surface area is 214 Å². The zero-order chi connectivity index (χ0) is 25.3. The third-order valence-electron chi connectivity index (χ3n) is 6.10. The molecule has 0 spiro atoms. The lowest BCUT2D eigenvalue weighted by molar-refractivity contribution is -0.168. The Morgan fingerprint density at radius 2 is 1.32 bits per heavy atom. The van der Waals surface area contributed by atoms with Crippen molar-refractivity contribution in [3.05, 3.63) is 0 Å². The van der Waals surface area contributed by atoms with Gasteiger partial charge in [-0.3, -0.25) is 9.45 Å². The Bertz CT molecular complexity index is 480. The monoisotopic (exact) mass is 524 g/mol. The second-order valence-electron chi connectivity index (χ2n) is 9.24. The van der Waals surface area contributed by atoms with E-state index < -0.39 is 13.7 Å². The van der Waals surface area contributed by atoms with E-state index in [2.05, 4.69) is 37.4 Å². The normalized spacial score (nSPS) is 14.1. The van der Waals surface area contributed by atoms with Gasteiger partial charge in [0.05, 0.1) is 12.7 Å². The van der Waals surface area contributed by atoms with Crippen LogP contribution in [0, 0.1) is 0 Å². The molecule has 0 aliphatic rings. The molecule has 0 heterocycles. The zero-order valence-corrected chi connectivity index (χ0v) is 24.0. The third-order valence-corrected chi connectivity index (χ3v) is 8.56. The van der Waals surface area contributed by atoms with Gasteiger partial charge in [-0.1, -0.05) is 104 Å². The number of hydrogen-bond acceptors (Lipinski definition) is 7. The highest BCUT2D eigenvalue weighted by atomic mass is 32.2. The molecule has 0 rings (SSSR count). The molecular weight excluding hydrogens is 471 g/mol. The van der Waals surface area contributed by atoms with E-state index in [1.165, 1.54) is 108 Å². The van der Waals surface area contributed by atoms with Crippen LogP contribution in [0.5, 0.6) is 0 Å². The molecular formula is C26H53O6PS. The van der Waals surface area contributed by atoms with E-state index in [0.29, 0.717) is 18.3 Å². The summed E-state index contributed by atoms with van der Waals surface area (Å²) in [5.74, 6) is 1.19. The van der Waals surface area contributed by atoms with Crippen LogP contribution in [0.2, 0.25) is 0 Å². The number of carbonyl (C=O) groups is 1. The van der Waals surface area contributed by atoms with Crippen molar-refractivity contribution in [1.82, 2.24) is 0 Å². The molecule has 6 nitrogen and oxygen atoms in total. The van der Waals surface area contributed by atoms with Gasteiger partial charge in [-0.15, -0.1) is 0 Å². The number of unbranched alkanes of at least 4 members (excludes halogenated alkanes) is 13. The number of thioether (sulfide) groups is 1. The topological polar surface area (TPSA) is 82.1 Å². The average molecular weight is 525 g/mol. The number of ether oxygens (including phenoxy) is 1. The SMILES string of the molecule is CCCCCCCCCCCCSC(CCCCCCC)C(C)OCCCO[PH](=O)C(=O)OO. The van der Waals surface area contributed by atoms with Crippen LogP contribution in [0.15, 0.2) is 0 Å². The number of carbonyl (C=O) groups excluding carboxylic acids is 1. The smallest absolute Gasteiger partial charge is 0.377 e. The van der Waals surface area contributed by atoms with E-state index in [9.17, 15) is 9.36 Å². The summed E-state index contributed by atoms with van der Waals surface area (Å²) in [4.78, 5) is 14.3. The summed E-state index contributed by atoms with van der Waals surface area (Å²) in [5, 5.41) is 8.70. The van der Waals surface area contributed by atoms with Crippen LogP contribution in [-0.2, 0) is 18.7 Å². The summed E-state index contributed by atoms with van der Waals surface area (Å²) in [6.07, 6.45) is 22.0. The predicted molar refractivity (Wildman–Crippen MR) is 146 cm³/mol. The molecule has 0 aliphatic carbocycles. The summed E-state index contributed by atoms with van der Waals surface area (Å²) >= 11 is 2.06. The van der Waals surface area contributed by atoms with Crippen molar-refractivity contribution in [3.63, 3.8) is 0 Å². The van der Waals surface area contributed by atoms with Gasteiger partial charge in [-0.2, -0.15) is 17.0 Å². The van der Waals surface area contributed by atoms with Crippen LogP contribution in [0.4, 0.5) is 4.79 Å². The summed E-state index contributed by atoms with van der Waals surface area (Å²) < 4.78 is 22.3. The van der Waals surface area contributed by atoms with Crippen LogP contribution >= 0.6 is 19.8 Å². The average Bonchev–Trinajstić information content (AvgIpc) is 2.84. The molecule has 8 heteroatoms. The van der Waals surface area contributed by atoms with E-state index in [1.807, 2.05) is 0 Å². The lowest BCUT2D eigenvalue weighted by atomic mass is 10.1. The summed E-state index contributed by atoms with van der Waals surface area (Å²) in [6, 6.07) is 0. The fourth-order valence-corrected chi connectivity index (χ4v) is 5.80. The first-order valence-electron chi connectivity index (χ1n) is 13.8. The van der Waals surface area contributed by atoms with Crippen molar-refractivity contribution in [1.29, 1.82) is 0 Å². The van der Waals surface area contributed by atoms with Gasteiger partial charge in [0.25, 0.3) is 0 Å². The number of rotatable bonds is 26. The molecule has 204 valence electrons. The van der Waals surface area contributed by atoms with Gasteiger partial charge in [0.15, 0.2) is 0 Å². The quantitative estimate of drug-likeness (QED) is 0.0522. The standard InChI is InChI=1S/C26H53O6PS/c1-4-6-8-10-11-12-13-14-16-18-23-34-25(20-17-15-9-7-5-2)24(3)30-21-19-22-31-33(29)26(27)32-28/h24-25,28,33H,4-23H2,1-3H3. The maximum Gasteiger partial charge on any atom is 0.421 e. The van der Waals surface area contributed by atoms with Gasteiger partial charge in [0, 0.05) is 11.9 Å². The molecule has 0 bridgehead atoms. The summed E-state index contributed by atoms with van der Waals surface area (Å²) in [6.45, 7) is 7.30. The van der Waals surface area contributed by atoms with Crippen LogP contribution in [0.25, 0.3) is 0 Å². The maximum absolute atomic E-state index is 11.3. The fourth-order valence-electron chi connectivity index (χ4n) is 3.92. The van der Waals surface area contributed by atoms with Crippen LogP contribution in [-0.4, -0.2) is 41.3 Å².